The van der Waals surface area contributed by atoms with Crippen molar-refractivity contribution in [2.45, 2.75) is 39.5 Å². The number of hydrogen-bond acceptors (Lipinski definition) is 2. The molecule has 2 aromatic rings. The summed E-state index contributed by atoms with van der Waals surface area (Å²) in [6.07, 6.45) is 4.70. The smallest absolute Gasteiger partial charge is 0.267 e. The summed E-state index contributed by atoms with van der Waals surface area (Å²) in [5.74, 6) is 1.32. The molecule has 2 N–H and O–H groups in total. The summed E-state index contributed by atoms with van der Waals surface area (Å²) in [6, 6.07) is 7.62. The normalized spacial score (nSPS) is 12.3. The minimum absolute atomic E-state index is 0.0369. The maximum absolute atomic E-state index is 12.3. The molecule has 1 amide bonds. The molecule has 0 bridgehead atoms. The van der Waals surface area contributed by atoms with Crippen molar-refractivity contribution in [3.8, 4) is 5.75 Å². The number of aromatic amines is 1. The Labute approximate surface area is 132 Å². The molecular formula is C18H26N2O2. The second kappa shape index (κ2) is 7.87. The van der Waals surface area contributed by atoms with Crippen LogP contribution in [0.3, 0.4) is 0 Å². The van der Waals surface area contributed by atoms with Gasteiger partial charge in [-0.1, -0.05) is 33.1 Å². The minimum Gasteiger partial charge on any atom is -0.497 e. The third-order valence-electron chi connectivity index (χ3n) is 4.17. The van der Waals surface area contributed by atoms with Gasteiger partial charge < -0.3 is 15.0 Å². The average Bonchev–Trinajstić information content (AvgIpc) is 2.97. The highest BCUT2D eigenvalue weighted by atomic mass is 16.5. The van der Waals surface area contributed by atoms with Crippen molar-refractivity contribution in [2.75, 3.05) is 13.7 Å². The van der Waals surface area contributed by atoms with Crippen molar-refractivity contribution in [2.24, 2.45) is 5.92 Å². The van der Waals surface area contributed by atoms with Crippen molar-refractivity contribution >= 4 is 16.8 Å². The van der Waals surface area contributed by atoms with Gasteiger partial charge in [-0.15, -0.1) is 0 Å². The van der Waals surface area contributed by atoms with Crippen molar-refractivity contribution in [1.29, 1.82) is 0 Å². The quantitative estimate of drug-likeness (QED) is 0.770. The standard InChI is InChI=1S/C18H26N2O2/c1-4-6-7-13(5-2)12-19-18(21)17-11-14-10-15(22-3)8-9-16(14)20-17/h8-11,13,20H,4-7,12H2,1-3H3,(H,19,21)/t13-/m1/s1. The third kappa shape index (κ3) is 4.03. The van der Waals surface area contributed by atoms with E-state index in [-0.39, 0.29) is 5.91 Å². The van der Waals surface area contributed by atoms with Gasteiger partial charge >= 0.3 is 0 Å². The fraction of sp³-hybridized carbons (Fsp3) is 0.500. The molecule has 0 saturated heterocycles. The molecule has 0 radical (unpaired) electrons. The number of amides is 1. The van der Waals surface area contributed by atoms with E-state index in [9.17, 15) is 4.79 Å². The highest BCUT2D eigenvalue weighted by Gasteiger charge is 2.12. The van der Waals surface area contributed by atoms with E-state index in [1.165, 1.54) is 19.3 Å². The number of benzene rings is 1. The Morgan fingerprint density at radius 1 is 1.32 bits per heavy atom. The zero-order valence-electron chi connectivity index (χ0n) is 13.7. The number of methoxy groups -OCH3 is 1. The van der Waals surface area contributed by atoms with Crippen molar-refractivity contribution in [1.82, 2.24) is 10.3 Å². The van der Waals surface area contributed by atoms with E-state index < -0.39 is 0 Å². The van der Waals surface area contributed by atoms with Crippen LogP contribution >= 0.6 is 0 Å². The van der Waals surface area contributed by atoms with Gasteiger partial charge in [-0.25, -0.2) is 0 Å². The summed E-state index contributed by atoms with van der Waals surface area (Å²) in [4.78, 5) is 15.5. The lowest BCUT2D eigenvalue weighted by Gasteiger charge is -2.14. The van der Waals surface area contributed by atoms with Gasteiger partial charge in [-0.05, 0) is 36.6 Å². The Morgan fingerprint density at radius 3 is 2.82 bits per heavy atom. The molecule has 0 aliphatic heterocycles. The van der Waals surface area contributed by atoms with Crippen LogP contribution in [0, 0.1) is 5.92 Å². The average molecular weight is 302 g/mol. The lowest BCUT2D eigenvalue weighted by molar-refractivity contribution is 0.0941. The number of carbonyl (C=O) groups is 1. The maximum atomic E-state index is 12.3. The van der Waals surface area contributed by atoms with Gasteiger partial charge in [0.2, 0.25) is 0 Å². The molecule has 0 spiro atoms. The van der Waals surface area contributed by atoms with Crippen LogP contribution in [0.1, 0.15) is 50.0 Å². The summed E-state index contributed by atoms with van der Waals surface area (Å²) in [7, 11) is 1.64. The fourth-order valence-electron chi connectivity index (χ4n) is 2.64. The number of unbranched alkanes of at least 4 members (excludes halogenated alkanes) is 1. The van der Waals surface area contributed by atoms with Gasteiger partial charge in [0.05, 0.1) is 7.11 Å². The molecule has 4 heteroatoms. The molecule has 0 unspecified atom stereocenters. The van der Waals surface area contributed by atoms with Crippen LogP contribution < -0.4 is 10.1 Å². The molecule has 22 heavy (non-hydrogen) atoms. The second-order valence-electron chi connectivity index (χ2n) is 5.76. The van der Waals surface area contributed by atoms with Crippen LogP contribution in [-0.2, 0) is 0 Å². The number of carbonyl (C=O) groups excluding carboxylic acids is 1. The number of rotatable bonds is 8. The first-order valence-electron chi connectivity index (χ1n) is 8.12. The third-order valence-corrected chi connectivity index (χ3v) is 4.17. The van der Waals surface area contributed by atoms with E-state index in [1.807, 2.05) is 24.3 Å². The molecule has 0 aliphatic rings. The van der Waals surface area contributed by atoms with E-state index in [1.54, 1.807) is 7.11 Å². The Bertz CT molecular complexity index is 619. The molecule has 4 nitrogen and oxygen atoms in total. The van der Waals surface area contributed by atoms with Gasteiger partial charge in [0, 0.05) is 17.4 Å². The molecule has 0 saturated carbocycles. The van der Waals surface area contributed by atoms with E-state index in [0.717, 1.165) is 29.6 Å². The highest BCUT2D eigenvalue weighted by molar-refractivity contribution is 5.98. The van der Waals surface area contributed by atoms with Gasteiger partial charge in [0.25, 0.3) is 5.91 Å². The van der Waals surface area contributed by atoms with Crippen LogP contribution in [-0.4, -0.2) is 24.5 Å². The summed E-state index contributed by atoms with van der Waals surface area (Å²) in [5, 5.41) is 4.04. The minimum atomic E-state index is -0.0369. The molecular weight excluding hydrogens is 276 g/mol. The molecule has 0 aliphatic carbocycles. The summed E-state index contributed by atoms with van der Waals surface area (Å²) in [6.45, 7) is 5.12. The topological polar surface area (TPSA) is 54.1 Å². The lowest BCUT2D eigenvalue weighted by atomic mass is 9.99. The number of ether oxygens (including phenoxy) is 1. The largest absolute Gasteiger partial charge is 0.497 e. The van der Waals surface area contributed by atoms with Gasteiger partial charge in [0.15, 0.2) is 0 Å². The van der Waals surface area contributed by atoms with E-state index in [0.29, 0.717) is 11.6 Å². The van der Waals surface area contributed by atoms with Crippen LogP contribution in [0.15, 0.2) is 24.3 Å². The lowest BCUT2D eigenvalue weighted by Crippen LogP contribution is -2.29. The molecule has 120 valence electrons. The van der Waals surface area contributed by atoms with Crippen molar-refractivity contribution in [3.05, 3.63) is 30.0 Å². The zero-order chi connectivity index (χ0) is 15.9. The molecule has 1 aromatic carbocycles. The maximum Gasteiger partial charge on any atom is 0.267 e. The molecule has 2 rings (SSSR count). The number of H-pyrrole nitrogens is 1. The number of fused-ring (bicyclic) bond motifs is 1. The Kier molecular flexibility index (Phi) is 5.87. The van der Waals surface area contributed by atoms with E-state index >= 15 is 0 Å². The van der Waals surface area contributed by atoms with Crippen molar-refractivity contribution in [3.63, 3.8) is 0 Å². The fourth-order valence-corrected chi connectivity index (χ4v) is 2.64. The monoisotopic (exact) mass is 302 g/mol. The summed E-state index contributed by atoms with van der Waals surface area (Å²) >= 11 is 0. The predicted molar refractivity (Wildman–Crippen MR) is 90.5 cm³/mol. The summed E-state index contributed by atoms with van der Waals surface area (Å²) in [5.41, 5.74) is 1.55. The Morgan fingerprint density at radius 2 is 2.14 bits per heavy atom. The molecule has 1 aromatic heterocycles. The summed E-state index contributed by atoms with van der Waals surface area (Å²) < 4.78 is 5.21. The SMILES string of the molecule is CCCC[C@@H](CC)CNC(=O)c1cc2cc(OC)ccc2[nH]1. The molecule has 1 atom stereocenters. The van der Waals surface area contributed by atoms with E-state index in [2.05, 4.69) is 24.1 Å². The first kappa shape index (κ1) is 16.4. The van der Waals surface area contributed by atoms with Crippen LogP contribution in [0.5, 0.6) is 5.75 Å². The molecule has 0 fully saturated rings. The second-order valence-corrected chi connectivity index (χ2v) is 5.76. The van der Waals surface area contributed by atoms with E-state index in [4.69, 9.17) is 4.74 Å². The van der Waals surface area contributed by atoms with Gasteiger partial charge in [-0.3, -0.25) is 4.79 Å². The number of aromatic nitrogens is 1. The van der Waals surface area contributed by atoms with Crippen LogP contribution in [0.2, 0.25) is 0 Å². The first-order chi connectivity index (χ1) is 10.7. The molecule has 1 heterocycles. The van der Waals surface area contributed by atoms with Gasteiger partial charge in [0.1, 0.15) is 11.4 Å². The van der Waals surface area contributed by atoms with Crippen molar-refractivity contribution < 1.29 is 9.53 Å². The number of nitrogens with one attached hydrogen (secondary N) is 2. The predicted octanol–water partition coefficient (Wildman–Crippen LogP) is 4.12. The Hall–Kier alpha value is -1.97. The Balaban J connectivity index is 2.00. The first-order valence-corrected chi connectivity index (χ1v) is 8.12. The highest BCUT2D eigenvalue weighted by Crippen LogP contribution is 2.21. The number of hydrogen-bond donors (Lipinski definition) is 2. The van der Waals surface area contributed by atoms with Gasteiger partial charge in [-0.2, -0.15) is 0 Å². The zero-order valence-corrected chi connectivity index (χ0v) is 13.7. The van der Waals surface area contributed by atoms with Crippen LogP contribution in [0.4, 0.5) is 0 Å². The van der Waals surface area contributed by atoms with Crippen LogP contribution in [0.25, 0.3) is 10.9 Å².